The molecule has 0 aliphatic rings. The molecule has 2 amide bonds. The predicted octanol–water partition coefficient (Wildman–Crippen LogP) is 0.0461. The van der Waals surface area contributed by atoms with Crippen molar-refractivity contribution in [1.82, 2.24) is 10.9 Å². The molecule has 0 aliphatic carbocycles. The second kappa shape index (κ2) is 6.89. The van der Waals surface area contributed by atoms with E-state index in [0.29, 0.717) is 5.56 Å². The Bertz CT molecular complexity index is 496. The van der Waals surface area contributed by atoms with Crippen LogP contribution in [0.5, 0.6) is 0 Å². The van der Waals surface area contributed by atoms with Gasteiger partial charge in [-0.1, -0.05) is 0 Å². The molecule has 1 aromatic rings. The molecule has 0 radical (unpaired) electrons. The van der Waals surface area contributed by atoms with Crippen LogP contribution in [-0.4, -0.2) is 17.8 Å². The Kier molecular flexibility index (Phi) is 5.50. The fraction of sp³-hybridized carbons (Fsp3) is 0.417. The molecule has 7 heteroatoms. The van der Waals surface area contributed by atoms with Crippen LogP contribution in [0.25, 0.3) is 0 Å². The first kappa shape index (κ1) is 15.2. The second-order valence-corrected chi connectivity index (χ2v) is 5.14. The number of carboxylic acids is 1. The Labute approximate surface area is 114 Å². The van der Waals surface area contributed by atoms with Crippen LogP contribution >= 0.6 is 11.3 Å². The maximum Gasteiger partial charge on any atom is 0.270 e. The van der Waals surface area contributed by atoms with Crippen molar-refractivity contribution in [2.45, 2.75) is 33.1 Å². The highest BCUT2D eigenvalue weighted by Gasteiger charge is 2.12. The minimum absolute atomic E-state index is 0.0237. The average Bonchev–Trinajstić information content (AvgIpc) is 2.67. The molecule has 0 fully saturated rings. The van der Waals surface area contributed by atoms with Crippen molar-refractivity contribution < 1.29 is 19.5 Å². The number of hydrogen-bond acceptors (Lipinski definition) is 5. The first-order valence-corrected chi connectivity index (χ1v) is 6.63. The normalized spacial score (nSPS) is 10.0. The van der Waals surface area contributed by atoms with Crippen LogP contribution in [0.2, 0.25) is 0 Å². The number of thiophene rings is 1. The van der Waals surface area contributed by atoms with E-state index >= 15 is 0 Å². The minimum atomic E-state index is -1.19. The van der Waals surface area contributed by atoms with Crippen LogP contribution in [0, 0.1) is 13.8 Å². The summed E-state index contributed by atoms with van der Waals surface area (Å²) < 4.78 is 0. The standard InChI is InChI=1S/C12H16N2O4S/c1-7-8(2)19-6-9(7)12(18)14-13-10(15)4-3-5-11(16)17/h6H,3-5H2,1-2H3,(H,13,15)(H,14,18)(H,16,17)/p-1. The van der Waals surface area contributed by atoms with Gasteiger partial charge in [0.25, 0.3) is 5.91 Å². The molecule has 0 aromatic carbocycles. The predicted molar refractivity (Wildman–Crippen MR) is 68.3 cm³/mol. The first-order valence-electron chi connectivity index (χ1n) is 5.75. The molecule has 0 saturated heterocycles. The molecule has 0 spiro atoms. The first-order chi connectivity index (χ1) is 8.91. The summed E-state index contributed by atoms with van der Waals surface area (Å²) in [6.07, 6.45) is 0.0285. The van der Waals surface area contributed by atoms with Crippen LogP contribution in [0.15, 0.2) is 5.38 Å². The molecular formula is C12H15N2O4S-. The van der Waals surface area contributed by atoms with Gasteiger partial charge in [0.05, 0.1) is 5.56 Å². The summed E-state index contributed by atoms with van der Waals surface area (Å²) in [6, 6.07) is 0. The lowest BCUT2D eigenvalue weighted by Gasteiger charge is -2.07. The Morgan fingerprint density at radius 1 is 1.21 bits per heavy atom. The van der Waals surface area contributed by atoms with Crippen molar-refractivity contribution in [2.24, 2.45) is 0 Å². The molecule has 104 valence electrons. The van der Waals surface area contributed by atoms with Crippen LogP contribution in [0.1, 0.15) is 40.1 Å². The molecule has 0 unspecified atom stereocenters. The summed E-state index contributed by atoms with van der Waals surface area (Å²) in [5.74, 6) is -2.00. The molecule has 0 bridgehead atoms. The third kappa shape index (κ3) is 4.70. The van der Waals surface area contributed by atoms with Crippen LogP contribution in [0.3, 0.4) is 0 Å². The molecular weight excluding hydrogens is 268 g/mol. The van der Waals surface area contributed by atoms with E-state index in [9.17, 15) is 19.5 Å². The van der Waals surface area contributed by atoms with Crippen molar-refractivity contribution >= 4 is 29.1 Å². The van der Waals surface area contributed by atoms with Crippen LogP contribution < -0.4 is 16.0 Å². The number of hydrazine groups is 1. The van der Waals surface area contributed by atoms with Gasteiger partial charge >= 0.3 is 0 Å². The molecule has 1 aromatic heterocycles. The van der Waals surface area contributed by atoms with Gasteiger partial charge in [-0.3, -0.25) is 20.4 Å². The van der Waals surface area contributed by atoms with Crippen molar-refractivity contribution in [3.05, 3.63) is 21.4 Å². The molecule has 0 saturated carbocycles. The van der Waals surface area contributed by atoms with Gasteiger partial charge in [0.15, 0.2) is 0 Å². The third-order valence-corrected chi connectivity index (χ3v) is 3.64. The highest BCUT2D eigenvalue weighted by atomic mass is 32.1. The highest BCUT2D eigenvalue weighted by Crippen LogP contribution is 2.19. The van der Waals surface area contributed by atoms with E-state index in [1.165, 1.54) is 11.3 Å². The molecule has 0 atom stereocenters. The topological polar surface area (TPSA) is 98.3 Å². The summed E-state index contributed by atoms with van der Waals surface area (Å²) >= 11 is 1.46. The van der Waals surface area contributed by atoms with Gasteiger partial charge < -0.3 is 9.90 Å². The summed E-state index contributed by atoms with van der Waals surface area (Å²) in [4.78, 5) is 34.3. The monoisotopic (exact) mass is 283 g/mol. The summed E-state index contributed by atoms with van der Waals surface area (Å²) in [7, 11) is 0. The second-order valence-electron chi connectivity index (χ2n) is 4.06. The van der Waals surface area contributed by atoms with E-state index in [1.54, 1.807) is 5.38 Å². The minimum Gasteiger partial charge on any atom is -0.550 e. The van der Waals surface area contributed by atoms with Gasteiger partial charge in [-0.05, 0) is 32.3 Å². The molecule has 0 aliphatic heterocycles. The lowest BCUT2D eigenvalue weighted by molar-refractivity contribution is -0.305. The highest BCUT2D eigenvalue weighted by molar-refractivity contribution is 7.10. The Morgan fingerprint density at radius 3 is 2.42 bits per heavy atom. The third-order valence-electron chi connectivity index (χ3n) is 2.63. The number of amides is 2. The number of carbonyl (C=O) groups excluding carboxylic acids is 3. The molecule has 2 N–H and O–H groups in total. The van der Waals surface area contributed by atoms with Crippen molar-refractivity contribution in [2.75, 3.05) is 0 Å². The van der Waals surface area contributed by atoms with Gasteiger partial charge in [-0.25, -0.2) is 0 Å². The fourth-order valence-corrected chi connectivity index (χ4v) is 2.25. The van der Waals surface area contributed by atoms with Gasteiger partial charge in [0, 0.05) is 22.6 Å². The van der Waals surface area contributed by atoms with E-state index < -0.39 is 11.9 Å². The maximum atomic E-state index is 11.7. The molecule has 1 heterocycles. The Hall–Kier alpha value is -1.89. The number of hydrogen-bond donors (Lipinski definition) is 2. The van der Waals surface area contributed by atoms with Crippen LogP contribution in [0.4, 0.5) is 0 Å². The average molecular weight is 283 g/mol. The smallest absolute Gasteiger partial charge is 0.270 e. The van der Waals surface area contributed by atoms with E-state index in [1.807, 2.05) is 13.8 Å². The zero-order valence-corrected chi connectivity index (χ0v) is 11.6. The largest absolute Gasteiger partial charge is 0.550 e. The Balaban J connectivity index is 2.36. The van der Waals surface area contributed by atoms with Gasteiger partial charge in [-0.15, -0.1) is 11.3 Å². The lowest BCUT2D eigenvalue weighted by atomic mass is 10.2. The summed E-state index contributed by atoms with van der Waals surface area (Å²) in [5, 5.41) is 11.9. The number of aryl methyl sites for hydroxylation is 1. The summed E-state index contributed by atoms with van der Waals surface area (Å²) in [6.45, 7) is 3.75. The fourth-order valence-electron chi connectivity index (χ4n) is 1.39. The van der Waals surface area contributed by atoms with E-state index in [0.717, 1.165) is 10.4 Å². The number of nitrogens with one attached hydrogen (secondary N) is 2. The Morgan fingerprint density at radius 2 is 1.89 bits per heavy atom. The van der Waals surface area contributed by atoms with Crippen molar-refractivity contribution in [3.8, 4) is 0 Å². The zero-order chi connectivity index (χ0) is 14.4. The van der Waals surface area contributed by atoms with Gasteiger partial charge in [-0.2, -0.15) is 0 Å². The van der Waals surface area contributed by atoms with Crippen LogP contribution in [-0.2, 0) is 9.59 Å². The quantitative estimate of drug-likeness (QED) is 0.746. The summed E-state index contributed by atoms with van der Waals surface area (Å²) in [5.41, 5.74) is 5.95. The number of carbonyl (C=O) groups is 3. The SMILES string of the molecule is Cc1scc(C(=O)NNC(=O)CCCC(=O)[O-])c1C. The molecule has 19 heavy (non-hydrogen) atoms. The maximum absolute atomic E-state index is 11.7. The van der Waals surface area contributed by atoms with E-state index in [2.05, 4.69) is 10.9 Å². The molecule has 1 rings (SSSR count). The van der Waals surface area contributed by atoms with Gasteiger partial charge in [0.1, 0.15) is 0 Å². The number of aliphatic carboxylic acids is 1. The van der Waals surface area contributed by atoms with Crippen molar-refractivity contribution in [1.29, 1.82) is 0 Å². The number of rotatable bonds is 5. The molecule has 6 nitrogen and oxygen atoms in total. The van der Waals surface area contributed by atoms with Gasteiger partial charge in [0.2, 0.25) is 5.91 Å². The number of carboxylic acid groups (broad SMARTS) is 1. The zero-order valence-electron chi connectivity index (χ0n) is 10.7. The van der Waals surface area contributed by atoms with Crippen molar-refractivity contribution in [3.63, 3.8) is 0 Å². The lowest BCUT2D eigenvalue weighted by Crippen LogP contribution is -2.41. The van der Waals surface area contributed by atoms with E-state index in [-0.39, 0.29) is 25.2 Å². The van der Waals surface area contributed by atoms with E-state index in [4.69, 9.17) is 0 Å².